The van der Waals surface area contributed by atoms with Crippen LogP contribution in [0.3, 0.4) is 0 Å². The second kappa shape index (κ2) is 20.4. The number of aromatic nitrogens is 4. The second-order valence-corrected chi connectivity index (χ2v) is 5.56. The van der Waals surface area contributed by atoms with Gasteiger partial charge in [-0.2, -0.15) is 0 Å². The van der Waals surface area contributed by atoms with Crippen LogP contribution in [0.4, 0.5) is 0 Å². The summed E-state index contributed by atoms with van der Waals surface area (Å²) in [4.78, 5) is 34.7. The van der Waals surface area contributed by atoms with Gasteiger partial charge in [0.15, 0.2) is 11.6 Å². The molecule has 0 saturated heterocycles. The van der Waals surface area contributed by atoms with Crippen molar-refractivity contribution in [2.45, 2.75) is 27.7 Å². The quantitative estimate of drug-likeness (QED) is 0.465. The van der Waals surface area contributed by atoms with Gasteiger partial charge in [0, 0.05) is 24.8 Å². The van der Waals surface area contributed by atoms with Crippen LogP contribution in [-0.4, -0.2) is 31.5 Å². The fraction of sp³-hybridized carbons (Fsp3) is 0.222. The van der Waals surface area contributed by atoms with E-state index in [0.29, 0.717) is 10.3 Å². The van der Waals surface area contributed by atoms with Gasteiger partial charge in [-0.05, 0) is 26.0 Å². The van der Waals surface area contributed by atoms with E-state index in [1.54, 1.807) is 24.8 Å². The predicted octanol–water partition coefficient (Wildman–Crippen LogP) is 1.94. The molecule has 0 unspecified atom stereocenters. The summed E-state index contributed by atoms with van der Waals surface area (Å²) < 4.78 is 0. The molecule has 1 radical (unpaired) electrons. The molecule has 8 nitrogen and oxygen atoms in total. The van der Waals surface area contributed by atoms with Crippen molar-refractivity contribution in [2.24, 2.45) is 0 Å². The van der Waals surface area contributed by atoms with Crippen LogP contribution < -0.4 is 10.2 Å². The molecule has 0 aromatic carbocycles. The van der Waals surface area contributed by atoms with E-state index in [2.05, 4.69) is 19.9 Å². The van der Waals surface area contributed by atoms with Crippen molar-refractivity contribution in [3.05, 3.63) is 71.2 Å². The Morgan fingerprint density at radius 1 is 0.759 bits per heavy atom. The number of carbonyl (C=O) groups is 2. The van der Waals surface area contributed by atoms with Crippen LogP contribution in [-0.2, 0) is 26.4 Å². The predicted molar refractivity (Wildman–Crippen MR) is 103 cm³/mol. The molecule has 0 saturated carbocycles. The molecule has 2 aromatic heterocycles. The van der Waals surface area contributed by atoms with E-state index in [0.717, 1.165) is 12.2 Å². The van der Waals surface area contributed by atoms with Gasteiger partial charge >= 0.3 is 16.8 Å². The van der Waals surface area contributed by atoms with Crippen molar-refractivity contribution in [3.8, 4) is 0 Å². The third kappa shape index (κ3) is 30.6. The molecule has 159 valence electrons. The van der Waals surface area contributed by atoms with Crippen molar-refractivity contribution >= 4 is 34.8 Å². The van der Waals surface area contributed by atoms with E-state index >= 15 is 0 Å². The van der Waals surface area contributed by atoms with Crippen molar-refractivity contribution in [2.75, 3.05) is 0 Å². The van der Waals surface area contributed by atoms with E-state index in [4.69, 9.17) is 23.2 Å². The Morgan fingerprint density at radius 3 is 1.14 bits per heavy atom. The monoisotopic (exact) mass is 485 g/mol. The molecule has 0 fully saturated rings. The summed E-state index contributed by atoms with van der Waals surface area (Å²) in [6.45, 7) is 5.39. The molecular formula is C18H20Cl2CoN4O4. The Labute approximate surface area is 189 Å². The minimum Gasteiger partial charge on any atom is -0.876 e. The van der Waals surface area contributed by atoms with Crippen molar-refractivity contribution in [1.29, 1.82) is 0 Å². The Balaban J connectivity index is -0.000000307. The number of halogens is 2. The maximum absolute atomic E-state index is 9.98. The molecule has 29 heavy (non-hydrogen) atoms. The third-order valence-corrected chi connectivity index (χ3v) is 2.27. The maximum atomic E-state index is 9.98. The average molecular weight is 486 g/mol. The summed E-state index contributed by atoms with van der Waals surface area (Å²) >= 11 is 10.7. The van der Waals surface area contributed by atoms with E-state index in [9.17, 15) is 19.8 Å². The van der Waals surface area contributed by atoms with Gasteiger partial charge in [-0.15, -0.1) is 11.5 Å². The van der Waals surface area contributed by atoms with Crippen molar-refractivity contribution < 1.29 is 36.6 Å². The van der Waals surface area contributed by atoms with Crippen LogP contribution in [0.5, 0.6) is 0 Å². The number of rotatable bonds is 2. The summed E-state index contributed by atoms with van der Waals surface area (Å²) in [7, 11) is 0. The standard InChI is InChI=1S/2C5H8O2.2C4H3ClN2.Co/c2*1-4(6)3-5(2)7;2*5-4-3-6-1-2-7-4;/h2*3,6H,1-2H3;2*1-3H;/q;;;;+2/p-2/b2*4-3-;;;. The molecule has 0 atom stereocenters. The van der Waals surface area contributed by atoms with Crippen LogP contribution in [0.1, 0.15) is 27.7 Å². The fourth-order valence-corrected chi connectivity index (χ4v) is 1.36. The Morgan fingerprint density at radius 2 is 1.07 bits per heavy atom. The minimum atomic E-state index is -0.187. The molecular weight excluding hydrogens is 466 g/mol. The Kier molecular flexibility index (Phi) is 22.1. The van der Waals surface area contributed by atoms with E-state index < -0.39 is 0 Å². The van der Waals surface area contributed by atoms with Gasteiger partial charge in [-0.1, -0.05) is 37.0 Å². The smallest absolute Gasteiger partial charge is 0.876 e. The second-order valence-electron chi connectivity index (χ2n) is 4.79. The minimum absolute atomic E-state index is 0. The number of nitrogens with zero attached hydrogens (tertiary/aromatic N) is 4. The van der Waals surface area contributed by atoms with Gasteiger partial charge in [-0.3, -0.25) is 19.6 Å². The Hall–Kier alpha value is -2.33. The van der Waals surface area contributed by atoms with Gasteiger partial charge in [0.05, 0.1) is 12.4 Å². The SMILES string of the molecule is CC(=O)/C=C(/C)[O-].CC(=O)/C=C(/C)[O-].Clc1cnccn1.Clc1cnccn1.[Co+2]. The van der Waals surface area contributed by atoms with Crippen molar-refractivity contribution in [1.82, 2.24) is 19.9 Å². The van der Waals surface area contributed by atoms with Gasteiger partial charge in [0.1, 0.15) is 10.3 Å². The Bertz CT molecular complexity index is 687. The molecule has 0 N–H and O–H groups in total. The molecule has 0 amide bonds. The molecule has 0 aliphatic heterocycles. The first-order valence-electron chi connectivity index (χ1n) is 7.59. The molecule has 0 aliphatic carbocycles. The number of allylic oxidation sites excluding steroid dienone is 4. The summed E-state index contributed by atoms with van der Waals surface area (Å²) in [5.74, 6) is -0.750. The zero-order chi connectivity index (χ0) is 21.9. The first-order chi connectivity index (χ1) is 13.0. The largest absolute Gasteiger partial charge is 2.00 e. The summed E-state index contributed by atoms with van der Waals surface area (Å²) in [6.07, 6.45) is 11.3. The first-order valence-corrected chi connectivity index (χ1v) is 8.35. The van der Waals surface area contributed by atoms with Gasteiger partial charge < -0.3 is 10.2 Å². The summed E-state index contributed by atoms with van der Waals surface area (Å²) in [6, 6.07) is 0. The van der Waals surface area contributed by atoms with E-state index in [-0.39, 0.29) is 39.9 Å². The molecule has 0 bridgehead atoms. The third-order valence-electron chi connectivity index (χ3n) is 1.88. The topological polar surface area (TPSA) is 132 Å². The molecule has 0 aliphatic rings. The zero-order valence-electron chi connectivity index (χ0n) is 16.1. The van der Waals surface area contributed by atoms with Crippen molar-refractivity contribution in [3.63, 3.8) is 0 Å². The molecule has 11 heteroatoms. The van der Waals surface area contributed by atoms with Crippen LogP contribution >= 0.6 is 23.2 Å². The summed E-state index contributed by atoms with van der Waals surface area (Å²) in [5, 5.41) is 20.8. The maximum Gasteiger partial charge on any atom is 2.00 e. The average Bonchev–Trinajstić information content (AvgIpc) is 2.55. The fourth-order valence-electron chi connectivity index (χ4n) is 1.13. The van der Waals surface area contributed by atoms with E-state index in [1.165, 1.54) is 40.1 Å². The summed E-state index contributed by atoms with van der Waals surface area (Å²) in [5.41, 5.74) is 0. The van der Waals surface area contributed by atoms with E-state index in [1.807, 2.05) is 0 Å². The first kappa shape index (κ1) is 31.4. The van der Waals surface area contributed by atoms with Crippen LogP contribution in [0, 0.1) is 0 Å². The molecule has 2 heterocycles. The van der Waals surface area contributed by atoms with Gasteiger partial charge in [0.25, 0.3) is 0 Å². The number of hydrogen-bond acceptors (Lipinski definition) is 8. The van der Waals surface area contributed by atoms with Crippen LogP contribution in [0.25, 0.3) is 0 Å². The molecule has 2 aromatic rings. The number of hydrogen-bond donors (Lipinski definition) is 0. The number of carbonyl (C=O) groups excluding carboxylic acids is 2. The van der Waals surface area contributed by atoms with Crippen LogP contribution in [0.15, 0.2) is 60.9 Å². The normalized spacial score (nSPS) is 9.72. The van der Waals surface area contributed by atoms with Gasteiger partial charge in [0.2, 0.25) is 0 Å². The molecule has 0 spiro atoms. The van der Waals surface area contributed by atoms with Gasteiger partial charge in [-0.25, -0.2) is 9.97 Å². The molecule has 2 rings (SSSR count). The number of ketones is 2. The van der Waals surface area contributed by atoms with Crippen LogP contribution in [0.2, 0.25) is 10.3 Å². The zero-order valence-corrected chi connectivity index (χ0v) is 18.7.